The molecule has 0 saturated heterocycles. The molecule has 236 valence electrons. The molecule has 40 heavy (non-hydrogen) atoms. The fourth-order valence-corrected chi connectivity index (χ4v) is 5.21. The lowest BCUT2D eigenvalue weighted by Crippen LogP contribution is -2.43. The molecule has 2 atom stereocenters. The summed E-state index contributed by atoms with van der Waals surface area (Å²) in [6, 6.07) is 0. The number of hydrogen-bond acceptors (Lipinski definition) is 5. The van der Waals surface area contributed by atoms with E-state index in [9.17, 15) is 24.6 Å². The number of carboxylic acids is 2. The molecule has 0 radical (unpaired) electrons. The molecular formula is C33H62O7. The van der Waals surface area contributed by atoms with Gasteiger partial charge in [0, 0.05) is 0 Å². The molecule has 3 N–H and O–H groups in total. The predicted octanol–water partition coefficient (Wildman–Crippen LogP) is 8.84. The quantitative estimate of drug-likeness (QED) is 0.0606. The van der Waals surface area contributed by atoms with Gasteiger partial charge in [0.15, 0.2) is 5.60 Å². The van der Waals surface area contributed by atoms with Crippen molar-refractivity contribution < 1.29 is 34.4 Å². The number of carbonyl (C=O) groups is 3. The lowest BCUT2D eigenvalue weighted by molar-refractivity contribution is -0.173. The van der Waals surface area contributed by atoms with Gasteiger partial charge in [-0.15, -0.1) is 0 Å². The van der Waals surface area contributed by atoms with Gasteiger partial charge in [0.05, 0.1) is 12.8 Å². The third kappa shape index (κ3) is 23.1. The van der Waals surface area contributed by atoms with E-state index in [1.165, 1.54) is 89.9 Å². The molecule has 0 amide bonds. The topological polar surface area (TPSA) is 121 Å². The van der Waals surface area contributed by atoms with E-state index in [1.807, 2.05) is 0 Å². The van der Waals surface area contributed by atoms with Crippen molar-refractivity contribution in [2.45, 2.75) is 187 Å². The van der Waals surface area contributed by atoms with Gasteiger partial charge in [-0.1, -0.05) is 136 Å². The van der Waals surface area contributed by atoms with Crippen LogP contribution in [0.2, 0.25) is 0 Å². The van der Waals surface area contributed by atoms with E-state index in [4.69, 9.17) is 9.84 Å². The first-order valence-electron chi connectivity index (χ1n) is 16.5. The average Bonchev–Trinajstić information content (AvgIpc) is 2.87. The Bertz CT molecular complexity index is 649. The highest BCUT2D eigenvalue weighted by Crippen LogP contribution is 2.22. The van der Waals surface area contributed by atoms with Crippen LogP contribution in [0.4, 0.5) is 0 Å². The first-order chi connectivity index (χ1) is 19.1. The summed E-state index contributed by atoms with van der Waals surface area (Å²) in [6.45, 7) is 6.72. The van der Waals surface area contributed by atoms with Gasteiger partial charge in [-0.05, 0) is 31.6 Å². The van der Waals surface area contributed by atoms with Crippen molar-refractivity contribution in [2.24, 2.45) is 5.92 Å². The zero-order chi connectivity index (χ0) is 30.1. The van der Waals surface area contributed by atoms with Crippen LogP contribution in [-0.4, -0.2) is 44.9 Å². The number of aliphatic hydroxyl groups is 1. The molecule has 0 saturated carbocycles. The van der Waals surface area contributed by atoms with E-state index in [2.05, 4.69) is 20.8 Å². The smallest absolute Gasteiger partial charge is 0.336 e. The van der Waals surface area contributed by atoms with Gasteiger partial charge >= 0.3 is 17.9 Å². The van der Waals surface area contributed by atoms with Crippen molar-refractivity contribution in [1.82, 2.24) is 0 Å². The van der Waals surface area contributed by atoms with Crippen LogP contribution < -0.4 is 0 Å². The van der Waals surface area contributed by atoms with Gasteiger partial charge in [-0.2, -0.15) is 0 Å². The third-order valence-corrected chi connectivity index (χ3v) is 7.76. The molecule has 0 aromatic heterocycles. The van der Waals surface area contributed by atoms with E-state index in [0.717, 1.165) is 44.4 Å². The second-order valence-corrected chi connectivity index (χ2v) is 12.3. The zero-order valence-corrected chi connectivity index (χ0v) is 26.1. The van der Waals surface area contributed by atoms with Crippen LogP contribution in [0.1, 0.15) is 175 Å². The first kappa shape index (κ1) is 38.4. The molecule has 7 nitrogen and oxygen atoms in total. The Morgan fingerprint density at radius 2 is 0.975 bits per heavy atom. The molecule has 0 fully saturated rings. The van der Waals surface area contributed by atoms with Crippen LogP contribution in [0.3, 0.4) is 0 Å². The van der Waals surface area contributed by atoms with Crippen LogP contribution in [-0.2, 0) is 19.1 Å². The van der Waals surface area contributed by atoms with E-state index >= 15 is 0 Å². The summed E-state index contributed by atoms with van der Waals surface area (Å²) in [5.41, 5.74) is -2.65. The Balaban J connectivity index is 4.37. The average molecular weight is 571 g/mol. The van der Waals surface area contributed by atoms with Gasteiger partial charge in [0.1, 0.15) is 6.10 Å². The van der Waals surface area contributed by atoms with E-state index in [0.29, 0.717) is 12.8 Å². The Morgan fingerprint density at radius 1 is 0.600 bits per heavy atom. The summed E-state index contributed by atoms with van der Waals surface area (Å²) < 4.78 is 5.60. The van der Waals surface area contributed by atoms with Gasteiger partial charge in [-0.3, -0.25) is 9.59 Å². The van der Waals surface area contributed by atoms with Gasteiger partial charge < -0.3 is 20.1 Å². The highest BCUT2D eigenvalue weighted by Gasteiger charge is 2.41. The van der Waals surface area contributed by atoms with Gasteiger partial charge in [0.2, 0.25) is 0 Å². The van der Waals surface area contributed by atoms with Crippen LogP contribution >= 0.6 is 0 Å². The molecule has 0 aromatic rings. The molecule has 0 aliphatic rings. The standard InChI is InChI=1S/C33H62O7/c1-4-5-6-7-8-9-10-11-12-13-14-15-18-21-24-29(25-22-19-16-17-20-23-28(2)3)40-31(36)27-33(39,32(37)38)26-30(34)35/h28-29,39H,4-27H2,1-3H3,(H,34,35)(H,37,38). The molecule has 0 aliphatic heterocycles. The molecule has 0 spiro atoms. The van der Waals surface area contributed by atoms with Gasteiger partial charge in [-0.25, -0.2) is 4.79 Å². The minimum absolute atomic E-state index is 0.330. The number of carboxylic acid groups (broad SMARTS) is 2. The second kappa shape index (κ2) is 25.1. The summed E-state index contributed by atoms with van der Waals surface area (Å²) in [5.74, 6) is -3.33. The minimum Gasteiger partial charge on any atom is -0.481 e. The molecule has 0 heterocycles. The first-order valence-corrected chi connectivity index (χ1v) is 16.5. The molecule has 0 rings (SSSR count). The summed E-state index contributed by atoms with van der Waals surface area (Å²) in [7, 11) is 0. The van der Waals surface area contributed by atoms with E-state index in [1.54, 1.807) is 0 Å². The molecular weight excluding hydrogens is 508 g/mol. The predicted molar refractivity (Wildman–Crippen MR) is 161 cm³/mol. The van der Waals surface area contributed by atoms with E-state index < -0.39 is 36.4 Å². The summed E-state index contributed by atoms with van der Waals surface area (Å²) in [6.07, 6.45) is 23.8. The second-order valence-electron chi connectivity index (χ2n) is 12.3. The highest BCUT2D eigenvalue weighted by atomic mass is 16.5. The molecule has 7 heteroatoms. The summed E-state index contributed by atoms with van der Waals surface area (Å²) in [5, 5.41) is 28.4. The maximum atomic E-state index is 12.5. The maximum absolute atomic E-state index is 12.5. The maximum Gasteiger partial charge on any atom is 0.336 e. The van der Waals surface area contributed by atoms with Crippen LogP contribution in [0, 0.1) is 5.92 Å². The largest absolute Gasteiger partial charge is 0.481 e. The fraction of sp³-hybridized carbons (Fsp3) is 0.909. The monoisotopic (exact) mass is 570 g/mol. The van der Waals surface area contributed by atoms with Crippen molar-refractivity contribution in [3.63, 3.8) is 0 Å². The molecule has 0 aromatic carbocycles. The number of unbranched alkanes of at least 4 members (excludes halogenated alkanes) is 17. The summed E-state index contributed by atoms with van der Waals surface area (Å²) in [4.78, 5) is 34.9. The zero-order valence-electron chi connectivity index (χ0n) is 26.1. The summed E-state index contributed by atoms with van der Waals surface area (Å²) >= 11 is 0. The van der Waals surface area contributed by atoms with Crippen LogP contribution in [0.25, 0.3) is 0 Å². The fourth-order valence-electron chi connectivity index (χ4n) is 5.21. The van der Waals surface area contributed by atoms with Crippen molar-refractivity contribution in [2.75, 3.05) is 0 Å². The van der Waals surface area contributed by atoms with Crippen molar-refractivity contribution in [3.05, 3.63) is 0 Å². The number of rotatable bonds is 29. The normalized spacial score (nSPS) is 13.7. The van der Waals surface area contributed by atoms with Crippen LogP contribution in [0.5, 0.6) is 0 Å². The number of ether oxygens (including phenoxy) is 1. The molecule has 0 aliphatic carbocycles. The van der Waals surface area contributed by atoms with Crippen molar-refractivity contribution >= 4 is 17.9 Å². The highest BCUT2D eigenvalue weighted by molar-refractivity contribution is 5.88. The SMILES string of the molecule is CCCCCCCCCCCCCCCCC(CCCCCCCC(C)C)OC(=O)CC(O)(CC(=O)O)C(=O)O. The Hall–Kier alpha value is -1.63. The number of aliphatic carboxylic acids is 2. The number of hydrogen-bond donors (Lipinski definition) is 3. The Morgan fingerprint density at radius 3 is 1.32 bits per heavy atom. The number of carbonyl (C=O) groups excluding carboxylic acids is 1. The number of esters is 1. The third-order valence-electron chi connectivity index (χ3n) is 7.76. The molecule has 0 bridgehead atoms. The Labute approximate surface area is 244 Å². The molecule has 2 unspecified atom stereocenters. The van der Waals surface area contributed by atoms with Crippen LogP contribution in [0.15, 0.2) is 0 Å². The van der Waals surface area contributed by atoms with Crippen molar-refractivity contribution in [1.29, 1.82) is 0 Å². The Kier molecular flexibility index (Phi) is 24.1. The van der Waals surface area contributed by atoms with Gasteiger partial charge in [0.25, 0.3) is 0 Å². The van der Waals surface area contributed by atoms with E-state index in [-0.39, 0.29) is 6.10 Å². The lowest BCUT2D eigenvalue weighted by atomic mass is 9.95. The van der Waals surface area contributed by atoms with Crippen molar-refractivity contribution in [3.8, 4) is 0 Å². The lowest BCUT2D eigenvalue weighted by Gasteiger charge is -2.23. The minimum atomic E-state index is -2.65.